The van der Waals surface area contributed by atoms with Gasteiger partial charge in [-0.15, -0.1) is 0 Å². The molecule has 5 rings (SSSR count). The number of ether oxygens (including phenoxy) is 1. The number of hydrogen-bond acceptors (Lipinski definition) is 6. The van der Waals surface area contributed by atoms with Gasteiger partial charge in [0.1, 0.15) is 17.9 Å². The van der Waals surface area contributed by atoms with Crippen LogP contribution in [0, 0.1) is 11.8 Å². The number of para-hydroxylation sites is 2. The normalized spacial score (nSPS) is 21.2. The Morgan fingerprint density at radius 1 is 1.12 bits per heavy atom. The second-order valence-electron chi connectivity index (χ2n) is 8.22. The summed E-state index contributed by atoms with van der Waals surface area (Å²) in [5.41, 5.74) is 2.70. The molecule has 2 aromatic carbocycles. The molecule has 0 amide bonds. The van der Waals surface area contributed by atoms with Gasteiger partial charge < -0.3 is 19.5 Å². The Morgan fingerprint density at radius 2 is 1.84 bits per heavy atom. The largest absolute Gasteiger partial charge is 0.497 e. The van der Waals surface area contributed by atoms with E-state index < -0.39 is 11.9 Å². The Hall–Kier alpha value is -3.68. The van der Waals surface area contributed by atoms with E-state index in [2.05, 4.69) is 4.90 Å². The van der Waals surface area contributed by atoms with Crippen LogP contribution in [0.4, 0.5) is 5.95 Å². The molecule has 1 fully saturated rings. The molecule has 32 heavy (non-hydrogen) atoms. The van der Waals surface area contributed by atoms with Gasteiger partial charge in [-0.2, -0.15) is 4.99 Å². The minimum atomic E-state index is -0.764. The molecule has 2 aliphatic heterocycles. The van der Waals surface area contributed by atoms with Gasteiger partial charge in [-0.25, -0.2) is 4.98 Å². The van der Waals surface area contributed by atoms with Gasteiger partial charge in [0.15, 0.2) is 0 Å². The molecule has 8 nitrogen and oxygen atoms in total. The van der Waals surface area contributed by atoms with Crippen molar-refractivity contribution in [3.8, 4) is 5.75 Å². The number of benzene rings is 2. The summed E-state index contributed by atoms with van der Waals surface area (Å²) >= 11 is 0. The van der Waals surface area contributed by atoms with Crippen LogP contribution in [0.1, 0.15) is 24.4 Å². The van der Waals surface area contributed by atoms with E-state index in [1.54, 1.807) is 7.11 Å². The van der Waals surface area contributed by atoms with Gasteiger partial charge in [0.25, 0.3) is 0 Å². The van der Waals surface area contributed by atoms with Crippen LogP contribution >= 0.6 is 0 Å². The smallest absolute Gasteiger partial charge is 0.306 e. The number of amidine groups is 1. The summed E-state index contributed by atoms with van der Waals surface area (Å²) in [6.07, 6.45) is 2.02. The fourth-order valence-corrected chi connectivity index (χ4v) is 4.79. The van der Waals surface area contributed by atoms with E-state index in [0.717, 1.165) is 28.6 Å². The number of hydrogen-bond donors (Lipinski definition) is 1. The first-order valence-corrected chi connectivity index (χ1v) is 10.7. The van der Waals surface area contributed by atoms with Crippen LogP contribution in [0.25, 0.3) is 11.0 Å². The van der Waals surface area contributed by atoms with Crippen LogP contribution in [-0.4, -0.2) is 57.8 Å². The molecular weight excluding hydrogens is 408 g/mol. The first kappa shape index (κ1) is 20.2. The van der Waals surface area contributed by atoms with E-state index >= 15 is 0 Å². The Balaban J connectivity index is 1.62. The molecule has 2 atom stereocenters. The third-order valence-electron chi connectivity index (χ3n) is 6.48. The lowest BCUT2D eigenvalue weighted by Gasteiger charge is -2.39. The van der Waals surface area contributed by atoms with Crippen LogP contribution in [0.5, 0.6) is 5.75 Å². The molecular formula is C24H24N4O4. The molecule has 164 valence electrons. The number of methoxy groups -OCH3 is 1. The van der Waals surface area contributed by atoms with E-state index in [0.29, 0.717) is 37.7 Å². The maximum Gasteiger partial charge on any atom is 0.306 e. The van der Waals surface area contributed by atoms with Crippen LogP contribution in [0.3, 0.4) is 0 Å². The van der Waals surface area contributed by atoms with Crippen molar-refractivity contribution in [2.24, 2.45) is 16.8 Å². The van der Waals surface area contributed by atoms with E-state index in [9.17, 15) is 14.7 Å². The molecule has 0 radical (unpaired) electrons. The van der Waals surface area contributed by atoms with Crippen molar-refractivity contribution in [2.45, 2.75) is 18.9 Å². The van der Waals surface area contributed by atoms with Gasteiger partial charge in [-0.3, -0.25) is 9.36 Å². The van der Waals surface area contributed by atoms with E-state index in [-0.39, 0.29) is 12.0 Å². The second kappa shape index (κ2) is 8.11. The molecule has 0 spiro atoms. The third-order valence-corrected chi connectivity index (χ3v) is 6.48. The number of carbonyl (C=O) groups is 2. The lowest BCUT2D eigenvalue weighted by atomic mass is 9.89. The number of aldehydes is 1. The zero-order chi connectivity index (χ0) is 22.2. The highest BCUT2D eigenvalue weighted by atomic mass is 16.5. The monoisotopic (exact) mass is 432 g/mol. The number of rotatable bonds is 4. The van der Waals surface area contributed by atoms with Gasteiger partial charge in [0, 0.05) is 13.1 Å². The highest BCUT2D eigenvalue weighted by Gasteiger charge is 2.39. The predicted molar refractivity (Wildman–Crippen MR) is 119 cm³/mol. The molecule has 0 saturated carbocycles. The minimum absolute atomic E-state index is 0.314. The van der Waals surface area contributed by atoms with E-state index in [4.69, 9.17) is 14.7 Å². The molecule has 8 heteroatoms. The predicted octanol–water partition coefficient (Wildman–Crippen LogP) is 3.29. The summed E-state index contributed by atoms with van der Waals surface area (Å²) in [5.74, 6) is 0.322. The minimum Gasteiger partial charge on any atom is -0.497 e. The lowest BCUT2D eigenvalue weighted by molar-refractivity contribution is -0.143. The SMILES string of the molecule is COc1ccc(C2C(C=O)C(N3CCC(C(=O)O)CC3)=Nc3nc4ccccc4n32)cc1. The molecule has 3 heterocycles. The molecule has 0 aliphatic carbocycles. The van der Waals surface area contributed by atoms with Gasteiger partial charge in [-0.05, 0) is 42.7 Å². The van der Waals surface area contributed by atoms with E-state index in [1.165, 1.54) is 0 Å². The summed E-state index contributed by atoms with van der Waals surface area (Å²) < 4.78 is 7.34. The fourth-order valence-electron chi connectivity index (χ4n) is 4.79. The molecule has 0 bridgehead atoms. The van der Waals surface area contributed by atoms with Gasteiger partial charge >= 0.3 is 5.97 Å². The summed E-state index contributed by atoms with van der Waals surface area (Å²) in [6.45, 7) is 1.10. The van der Waals surface area contributed by atoms with Gasteiger partial charge in [-0.1, -0.05) is 24.3 Å². The number of piperidine rings is 1. The highest BCUT2D eigenvalue weighted by molar-refractivity contribution is 6.00. The average Bonchev–Trinajstić information content (AvgIpc) is 3.21. The summed E-state index contributed by atoms with van der Waals surface area (Å²) in [5, 5.41) is 9.35. The molecule has 1 saturated heterocycles. The van der Waals surface area contributed by atoms with Crippen molar-refractivity contribution in [2.75, 3.05) is 20.2 Å². The number of nitrogens with zero attached hydrogens (tertiary/aromatic N) is 4. The van der Waals surface area contributed by atoms with Crippen molar-refractivity contribution in [3.63, 3.8) is 0 Å². The highest BCUT2D eigenvalue weighted by Crippen LogP contribution is 2.40. The van der Waals surface area contributed by atoms with Crippen molar-refractivity contribution < 1.29 is 19.4 Å². The maximum atomic E-state index is 12.5. The third kappa shape index (κ3) is 3.32. The Bertz CT molecular complexity index is 1190. The molecule has 1 aromatic heterocycles. The number of carboxylic acids is 1. The zero-order valence-corrected chi connectivity index (χ0v) is 17.7. The molecule has 3 aromatic rings. The van der Waals surface area contributed by atoms with Crippen molar-refractivity contribution in [3.05, 3.63) is 54.1 Å². The Morgan fingerprint density at radius 3 is 2.50 bits per heavy atom. The average molecular weight is 432 g/mol. The number of likely N-dealkylation sites (tertiary alicyclic amines) is 1. The van der Waals surface area contributed by atoms with Crippen LogP contribution in [-0.2, 0) is 9.59 Å². The van der Waals surface area contributed by atoms with Gasteiger partial charge in [0.05, 0.1) is 36.0 Å². The number of aromatic nitrogens is 2. The number of aliphatic carboxylic acids is 1. The number of carbonyl (C=O) groups excluding carboxylic acids is 1. The standard InChI is InChI=1S/C24H24N4O4/c1-32-17-8-6-15(7-9-17)21-18(14-29)22(27-12-10-16(11-13-27)23(30)31)26-24-25-19-4-2-3-5-20(19)28(21)24/h2-9,14,16,18,21H,10-13H2,1H3,(H,30,31). The first-order chi connectivity index (χ1) is 15.6. The quantitative estimate of drug-likeness (QED) is 0.636. The summed E-state index contributed by atoms with van der Waals surface area (Å²) in [4.78, 5) is 35.5. The Kier molecular flexibility index (Phi) is 5.13. The fraction of sp³-hybridized carbons (Fsp3) is 0.333. The van der Waals surface area contributed by atoms with Gasteiger partial charge in [0.2, 0.25) is 5.95 Å². The summed E-state index contributed by atoms with van der Waals surface area (Å²) in [6, 6.07) is 15.2. The number of fused-ring (bicyclic) bond motifs is 3. The second-order valence-corrected chi connectivity index (χ2v) is 8.22. The number of carboxylic acid groups (broad SMARTS) is 1. The van der Waals surface area contributed by atoms with E-state index in [1.807, 2.05) is 53.1 Å². The van der Waals surface area contributed by atoms with Crippen LogP contribution in [0.15, 0.2) is 53.5 Å². The van der Waals surface area contributed by atoms with Crippen LogP contribution in [0.2, 0.25) is 0 Å². The molecule has 2 unspecified atom stereocenters. The number of imidazole rings is 1. The number of aliphatic imine (C=N–C) groups is 1. The topological polar surface area (TPSA) is 97.0 Å². The zero-order valence-electron chi connectivity index (χ0n) is 17.7. The Labute approximate surface area is 185 Å². The van der Waals surface area contributed by atoms with Crippen molar-refractivity contribution in [1.82, 2.24) is 14.5 Å². The van der Waals surface area contributed by atoms with Crippen LogP contribution < -0.4 is 4.74 Å². The van der Waals surface area contributed by atoms with Crippen molar-refractivity contribution in [1.29, 1.82) is 0 Å². The van der Waals surface area contributed by atoms with Crippen molar-refractivity contribution >= 4 is 35.1 Å². The molecule has 1 N–H and O–H groups in total. The maximum absolute atomic E-state index is 12.5. The molecule has 2 aliphatic rings. The lowest BCUT2D eigenvalue weighted by Crippen LogP contribution is -2.47. The summed E-state index contributed by atoms with van der Waals surface area (Å²) in [7, 11) is 1.62. The first-order valence-electron chi connectivity index (χ1n) is 10.7.